The molecule has 0 aromatic heterocycles. The minimum atomic E-state index is -0.974. The fraction of sp³-hybridized carbons (Fsp3) is 0.686. The van der Waals surface area contributed by atoms with E-state index in [0.717, 1.165) is 51.4 Å². The van der Waals surface area contributed by atoms with Crippen molar-refractivity contribution in [2.45, 2.75) is 175 Å². The van der Waals surface area contributed by atoms with Crippen LogP contribution in [0.4, 0.5) is 11.4 Å². The second-order valence-corrected chi connectivity index (χ2v) is 22.0. The molecule has 2 aliphatic heterocycles. The second-order valence-electron chi connectivity index (χ2n) is 22.0. The highest BCUT2D eigenvalue weighted by Gasteiger charge is 2.64. The number of carbonyl (C=O) groups is 10. The number of nitrogens with zero attached hydrogens (tertiary/aromatic N) is 2. The number of aliphatic hydroxyl groups excluding tert-OH is 1. The van der Waals surface area contributed by atoms with Gasteiger partial charge in [0.1, 0.15) is 5.60 Å². The molecule has 2 saturated heterocycles. The van der Waals surface area contributed by atoms with Crippen LogP contribution in [0.15, 0.2) is 18.2 Å². The first-order chi connectivity index (χ1) is 32.9. The van der Waals surface area contributed by atoms with E-state index in [1.807, 2.05) is 20.8 Å². The Bertz CT molecular complexity index is 2180. The van der Waals surface area contributed by atoms with Gasteiger partial charge in [-0.1, -0.05) is 20.8 Å². The fourth-order valence-corrected chi connectivity index (χ4v) is 12.9. The minimum absolute atomic E-state index is 0.0353. The van der Waals surface area contributed by atoms with Gasteiger partial charge in [0.05, 0.1) is 18.9 Å². The summed E-state index contributed by atoms with van der Waals surface area (Å²) < 4.78 is 5.59. The molecule has 6 aliphatic rings. The molecule has 0 bridgehead atoms. The Morgan fingerprint density at radius 2 is 1.24 bits per heavy atom. The monoisotopic (exact) mass is 975 g/mol. The third-order valence-corrected chi connectivity index (χ3v) is 16.4. The van der Waals surface area contributed by atoms with Crippen molar-refractivity contribution in [2.75, 3.05) is 10.6 Å². The molecule has 70 heavy (non-hydrogen) atoms. The molecule has 10 atom stereocenters. The molecule has 6 fully saturated rings. The molecular formula is C51H69N5O14. The molecule has 7 rings (SSSR count). The lowest BCUT2D eigenvalue weighted by atomic mass is 9.43. The number of esters is 1. The maximum absolute atomic E-state index is 14.1. The average Bonchev–Trinajstić information content (AvgIpc) is 3.93. The Morgan fingerprint density at radius 1 is 0.700 bits per heavy atom. The van der Waals surface area contributed by atoms with Crippen LogP contribution in [0.2, 0.25) is 0 Å². The molecule has 2 heterocycles. The van der Waals surface area contributed by atoms with Crippen molar-refractivity contribution in [1.82, 2.24) is 15.4 Å². The number of hydroxylamine groups is 4. The van der Waals surface area contributed by atoms with Crippen LogP contribution >= 0.6 is 0 Å². The summed E-state index contributed by atoms with van der Waals surface area (Å²) in [6, 6.07) is 4.06. The van der Waals surface area contributed by atoms with Crippen LogP contribution in [-0.4, -0.2) is 92.2 Å². The van der Waals surface area contributed by atoms with E-state index < -0.39 is 90.7 Å². The minimum Gasteiger partial charge on any atom is -0.460 e. The molecule has 382 valence electrons. The van der Waals surface area contributed by atoms with Gasteiger partial charge in [-0.05, 0) is 143 Å². The standard InChI is InChI=1S/C51H69N5O14/c1-28(7-18-45(64)68-49(2,3)4)35-10-11-36-34-9-8-30-25-31(21-22-50(30,5)37(34)27-38(57)51(35,36)6)54-48(67)29-23-32(52-39(58)12-19-46(65)69-55-41(60)14-15-42(55)61)26-33(24-29)53-40(59)13-20-47(66)70-56-43(62)16-17-44(56)63/h23-24,26,28,30-31,34-38,57H,7-22,25,27H2,1-6H3,(H,52,58)(H,53,59)(H,54,67)/t28-,30-,31+,34+,35-,36+,37+,38+,50+,51-/m1/s1. The summed E-state index contributed by atoms with van der Waals surface area (Å²) in [5.41, 5.74) is -0.503. The third kappa shape index (κ3) is 11.6. The molecule has 4 N–H and O–H groups in total. The quantitative estimate of drug-likeness (QED) is 0.112. The second kappa shape index (κ2) is 20.9. The lowest BCUT2D eigenvalue weighted by molar-refractivity contribution is -0.197. The zero-order valence-electron chi connectivity index (χ0n) is 41.2. The van der Waals surface area contributed by atoms with Crippen LogP contribution in [0, 0.1) is 46.3 Å². The van der Waals surface area contributed by atoms with E-state index >= 15 is 0 Å². The summed E-state index contributed by atoms with van der Waals surface area (Å²) in [6.07, 6.45) is 5.66. The zero-order chi connectivity index (χ0) is 50.9. The number of ether oxygens (including phenoxy) is 1. The lowest BCUT2D eigenvalue weighted by Crippen LogP contribution is -2.59. The molecule has 1 aromatic carbocycles. The van der Waals surface area contributed by atoms with Crippen LogP contribution in [0.3, 0.4) is 0 Å². The van der Waals surface area contributed by atoms with E-state index in [1.165, 1.54) is 18.2 Å². The first-order valence-electron chi connectivity index (χ1n) is 25.0. The summed E-state index contributed by atoms with van der Waals surface area (Å²) >= 11 is 0. The SMILES string of the molecule is C[C@H](CCC(=O)OC(C)(C)C)[C@H]1CC[C@H]2[C@@H]3CC[C@@H]4C[C@@H](NC(=O)c5cc(NC(=O)CCC(=O)ON6C(=O)CCC6=O)cc(NC(=O)CCC(=O)ON6C(=O)CCC6=O)c5)CC[C@]4(C)[C@H]3C[C@H](O)[C@]12C. The highest BCUT2D eigenvalue weighted by atomic mass is 16.7. The molecule has 0 unspecified atom stereocenters. The largest absolute Gasteiger partial charge is 0.460 e. The summed E-state index contributed by atoms with van der Waals surface area (Å²) in [6.45, 7) is 12.5. The summed E-state index contributed by atoms with van der Waals surface area (Å²) in [7, 11) is 0. The van der Waals surface area contributed by atoms with Gasteiger partial charge in [-0.3, -0.25) is 38.4 Å². The first kappa shape index (κ1) is 52.1. The first-order valence-corrected chi connectivity index (χ1v) is 25.0. The van der Waals surface area contributed by atoms with Gasteiger partial charge in [0, 0.05) is 67.9 Å². The molecule has 0 radical (unpaired) electrons. The number of hydrogen-bond donors (Lipinski definition) is 4. The Balaban J connectivity index is 0.983. The van der Waals surface area contributed by atoms with Crippen LogP contribution in [0.1, 0.15) is 167 Å². The fourth-order valence-electron chi connectivity index (χ4n) is 12.9. The lowest BCUT2D eigenvalue weighted by Gasteiger charge is -2.62. The van der Waals surface area contributed by atoms with Gasteiger partial charge in [0.2, 0.25) is 11.8 Å². The number of imide groups is 2. The maximum atomic E-state index is 14.1. The van der Waals surface area contributed by atoms with Crippen LogP contribution in [-0.2, 0) is 57.6 Å². The van der Waals surface area contributed by atoms with Crippen molar-refractivity contribution in [3.63, 3.8) is 0 Å². The van der Waals surface area contributed by atoms with E-state index in [4.69, 9.17) is 14.4 Å². The van der Waals surface area contributed by atoms with E-state index in [0.29, 0.717) is 52.6 Å². The Hall–Kier alpha value is -5.72. The van der Waals surface area contributed by atoms with Gasteiger partial charge < -0.3 is 35.5 Å². The van der Waals surface area contributed by atoms with Gasteiger partial charge in [-0.2, -0.15) is 0 Å². The maximum Gasteiger partial charge on any atom is 0.333 e. The van der Waals surface area contributed by atoms with E-state index in [2.05, 4.69) is 36.7 Å². The third-order valence-electron chi connectivity index (χ3n) is 16.4. The Morgan fingerprint density at radius 3 is 1.77 bits per heavy atom. The Labute approximate surface area is 408 Å². The number of rotatable bonds is 16. The van der Waals surface area contributed by atoms with E-state index in [-0.39, 0.29) is 71.4 Å². The zero-order valence-corrected chi connectivity index (χ0v) is 41.2. The van der Waals surface area contributed by atoms with Crippen molar-refractivity contribution in [3.05, 3.63) is 23.8 Å². The number of anilines is 2. The highest BCUT2D eigenvalue weighted by Crippen LogP contribution is 2.68. The highest BCUT2D eigenvalue weighted by molar-refractivity contribution is 6.03. The molecular weight excluding hydrogens is 907 g/mol. The Kier molecular flexibility index (Phi) is 15.6. The molecule has 0 spiro atoms. The molecule has 4 aliphatic carbocycles. The van der Waals surface area contributed by atoms with Gasteiger partial charge in [-0.15, -0.1) is 10.1 Å². The summed E-state index contributed by atoms with van der Waals surface area (Å²) in [5, 5.41) is 21.4. The molecule has 19 heteroatoms. The van der Waals surface area contributed by atoms with Gasteiger partial charge in [0.15, 0.2) is 0 Å². The number of carbonyl (C=O) groups excluding carboxylic acids is 10. The van der Waals surface area contributed by atoms with Crippen molar-refractivity contribution in [1.29, 1.82) is 0 Å². The van der Waals surface area contributed by atoms with Crippen molar-refractivity contribution >= 4 is 70.6 Å². The summed E-state index contributed by atoms with van der Waals surface area (Å²) in [5.74, 6) is -4.51. The van der Waals surface area contributed by atoms with Crippen LogP contribution < -0.4 is 16.0 Å². The normalized spacial score (nSPS) is 29.9. The number of nitrogens with one attached hydrogen (secondary N) is 3. The predicted molar refractivity (Wildman–Crippen MR) is 249 cm³/mol. The number of hydrogen-bond acceptors (Lipinski definition) is 14. The topological polar surface area (TPSA) is 261 Å². The van der Waals surface area contributed by atoms with Crippen LogP contribution in [0.25, 0.3) is 0 Å². The van der Waals surface area contributed by atoms with Gasteiger partial charge in [0.25, 0.3) is 29.5 Å². The smallest absolute Gasteiger partial charge is 0.333 e. The predicted octanol–water partition coefficient (Wildman–Crippen LogP) is 5.82. The van der Waals surface area contributed by atoms with Gasteiger partial charge in [-0.25, -0.2) is 9.59 Å². The molecule has 1 aromatic rings. The summed E-state index contributed by atoms with van der Waals surface area (Å²) in [4.78, 5) is 135. The number of amides is 7. The van der Waals surface area contributed by atoms with E-state index in [9.17, 15) is 53.1 Å². The van der Waals surface area contributed by atoms with Crippen molar-refractivity contribution in [3.8, 4) is 0 Å². The van der Waals surface area contributed by atoms with Crippen molar-refractivity contribution in [2.24, 2.45) is 46.3 Å². The van der Waals surface area contributed by atoms with E-state index in [1.54, 1.807) is 0 Å². The average molecular weight is 976 g/mol. The molecule has 4 saturated carbocycles. The van der Waals surface area contributed by atoms with Gasteiger partial charge >= 0.3 is 17.9 Å². The molecule has 7 amide bonds. The number of fused-ring (bicyclic) bond motifs is 5. The van der Waals surface area contributed by atoms with Crippen LogP contribution in [0.5, 0.6) is 0 Å². The number of benzene rings is 1. The molecule has 19 nitrogen and oxygen atoms in total. The number of aliphatic hydroxyl groups is 1. The van der Waals surface area contributed by atoms with Crippen molar-refractivity contribution < 1.29 is 67.5 Å².